The molecule has 0 radical (unpaired) electrons. The summed E-state index contributed by atoms with van der Waals surface area (Å²) in [5.74, 6) is -7.95. The number of aliphatic carboxylic acids is 2. The fourth-order valence-corrected chi connectivity index (χ4v) is 3.07. The highest BCUT2D eigenvalue weighted by molar-refractivity contribution is 5.95. The number of nitrogens with one attached hydrogen (secondary N) is 4. The zero-order chi connectivity index (χ0) is 30.3. The third-order valence-corrected chi connectivity index (χ3v) is 5.76. The number of aliphatic hydroxyl groups excluding tert-OH is 2. The summed E-state index contributed by atoms with van der Waals surface area (Å²) >= 11 is 0. The van der Waals surface area contributed by atoms with Crippen molar-refractivity contribution in [2.45, 2.75) is 76.2 Å². The van der Waals surface area contributed by atoms with Crippen molar-refractivity contribution in [2.75, 3.05) is 13.2 Å². The van der Waals surface area contributed by atoms with Gasteiger partial charge in [-0.05, 0) is 18.8 Å². The second-order valence-corrected chi connectivity index (χ2v) is 8.80. The molecule has 0 aromatic heterocycles. The Labute approximate surface area is 224 Å². The van der Waals surface area contributed by atoms with E-state index in [1.807, 2.05) is 5.32 Å². The van der Waals surface area contributed by atoms with Gasteiger partial charge in [-0.3, -0.25) is 28.8 Å². The van der Waals surface area contributed by atoms with Crippen LogP contribution in [0.1, 0.15) is 46.0 Å². The number of nitrogens with two attached hydrogens (primary N) is 2. The van der Waals surface area contributed by atoms with Gasteiger partial charge in [0.1, 0.15) is 24.2 Å². The molecule has 5 amide bonds. The molecule has 0 aromatic rings. The van der Waals surface area contributed by atoms with Crippen LogP contribution in [-0.4, -0.2) is 105 Å². The van der Waals surface area contributed by atoms with Gasteiger partial charge < -0.3 is 53.2 Å². The number of carboxylic acid groups (broad SMARTS) is 2. The third kappa shape index (κ3) is 13.0. The van der Waals surface area contributed by atoms with Crippen molar-refractivity contribution in [1.82, 2.24) is 21.3 Å². The molecule has 0 aliphatic rings. The number of aliphatic hydroxyl groups is 2. The van der Waals surface area contributed by atoms with Crippen LogP contribution in [0.4, 0.5) is 0 Å². The highest BCUT2D eigenvalue weighted by Crippen LogP contribution is 2.07. The summed E-state index contributed by atoms with van der Waals surface area (Å²) in [7, 11) is 0. The van der Waals surface area contributed by atoms with Crippen LogP contribution in [0.3, 0.4) is 0 Å². The Bertz CT molecular complexity index is 900. The number of rotatable bonds is 19. The average Bonchev–Trinajstić information content (AvgIpc) is 2.88. The number of primary amides is 1. The van der Waals surface area contributed by atoms with Gasteiger partial charge in [-0.1, -0.05) is 20.3 Å². The molecule has 0 rings (SSSR count). The van der Waals surface area contributed by atoms with Gasteiger partial charge in [0.15, 0.2) is 0 Å². The highest BCUT2D eigenvalue weighted by Gasteiger charge is 2.32. The van der Waals surface area contributed by atoms with Gasteiger partial charge in [-0.25, -0.2) is 4.79 Å². The zero-order valence-corrected chi connectivity index (χ0v) is 21.7. The molecule has 17 nitrogen and oxygen atoms in total. The Morgan fingerprint density at radius 2 is 1.10 bits per heavy atom. The van der Waals surface area contributed by atoms with Crippen LogP contribution >= 0.6 is 0 Å². The van der Waals surface area contributed by atoms with E-state index in [2.05, 4.69) is 16.0 Å². The Morgan fingerprint density at radius 3 is 1.51 bits per heavy atom. The summed E-state index contributed by atoms with van der Waals surface area (Å²) in [5.41, 5.74) is 10.9. The second kappa shape index (κ2) is 17.6. The molecular formula is C22H38N6O11. The quantitative estimate of drug-likeness (QED) is 0.0712. The van der Waals surface area contributed by atoms with E-state index in [9.17, 15) is 38.7 Å². The standard InChI is InChI=1S/C22H38N6O11/c1-3-10(2)17(24)21(37)26-12(5-7-16(32)33)18(34)27-13(8-29)20(36)25-11(4-6-15(23)31)19(35)28-14(9-30)22(38)39/h10-14,17,29-30H,3-9,24H2,1-2H3,(H2,23,31)(H,25,36)(H,26,37)(H,27,34)(H,28,35)(H,32,33)(H,38,39)/t10-,11-,12-,13-,14-,17-/m0/s1. The number of hydrogen-bond acceptors (Lipinski definition) is 10. The summed E-state index contributed by atoms with van der Waals surface area (Å²) < 4.78 is 0. The summed E-state index contributed by atoms with van der Waals surface area (Å²) in [6.45, 7) is 1.52. The largest absolute Gasteiger partial charge is 0.481 e. The first-order valence-electron chi connectivity index (χ1n) is 12.1. The lowest BCUT2D eigenvalue weighted by molar-refractivity contribution is -0.143. The van der Waals surface area contributed by atoms with E-state index in [0.29, 0.717) is 6.42 Å². The molecule has 0 aromatic carbocycles. The second-order valence-electron chi connectivity index (χ2n) is 8.80. The summed E-state index contributed by atoms with van der Waals surface area (Å²) in [5, 5.41) is 45.4. The smallest absolute Gasteiger partial charge is 0.328 e. The van der Waals surface area contributed by atoms with Crippen molar-refractivity contribution in [2.24, 2.45) is 17.4 Å². The number of carbonyl (C=O) groups is 7. The molecule has 0 spiro atoms. The number of hydrogen-bond donors (Lipinski definition) is 10. The molecule has 0 heterocycles. The van der Waals surface area contributed by atoms with Crippen LogP contribution in [0, 0.1) is 5.92 Å². The third-order valence-electron chi connectivity index (χ3n) is 5.76. The summed E-state index contributed by atoms with van der Waals surface area (Å²) in [6, 6.07) is -7.44. The fraction of sp³-hybridized carbons (Fsp3) is 0.682. The molecule has 12 N–H and O–H groups in total. The molecule has 0 aliphatic carbocycles. The topological polar surface area (TPSA) is 301 Å². The fourth-order valence-electron chi connectivity index (χ4n) is 3.07. The van der Waals surface area contributed by atoms with E-state index in [1.165, 1.54) is 0 Å². The Kier molecular flexibility index (Phi) is 15.9. The summed E-state index contributed by atoms with van der Waals surface area (Å²) in [6.07, 6.45) is -1.16. The molecule has 0 bridgehead atoms. The van der Waals surface area contributed by atoms with Crippen LogP contribution in [0.2, 0.25) is 0 Å². The van der Waals surface area contributed by atoms with Crippen molar-refractivity contribution < 1.29 is 54.0 Å². The molecule has 0 unspecified atom stereocenters. The predicted octanol–water partition coefficient (Wildman–Crippen LogP) is -4.50. The Morgan fingerprint density at radius 1 is 0.692 bits per heavy atom. The Balaban J connectivity index is 5.66. The van der Waals surface area contributed by atoms with E-state index >= 15 is 0 Å². The van der Waals surface area contributed by atoms with Gasteiger partial charge in [0.05, 0.1) is 19.3 Å². The van der Waals surface area contributed by atoms with Crippen LogP contribution in [-0.2, 0) is 33.6 Å². The summed E-state index contributed by atoms with van der Waals surface area (Å²) in [4.78, 5) is 83.9. The Hall–Kier alpha value is -3.83. The molecule has 0 saturated heterocycles. The van der Waals surface area contributed by atoms with Crippen LogP contribution < -0.4 is 32.7 Å². The number of carboxylic acids is 2. The molecule has 6 atom stereocenters. The molecule has 39 heavy (non-hydrogen) atoms. The SMILES string of the molecule is CC[C@H](C)[C@H](N)C(=O)N[C@@H](CCC(=O)O)C(=O)N[C@@H](CO)C(=O)N[C@@H](CCC(N)=O)C(=O)N[C@@H](CO)C(=O)O. The molecule has 0 aliphatic heterocycles. The molecule has 0 fully saturated rings. The van der Waals surface area contributed by atoms with Gasteiger partial charge in [0.25, 0.3) is 0 Å². The van der Waals surface area contributed by atoms with E-state index in [0.717, 1.165) is 0 Å². The highest BCUT2D eigenvalue weighted by atomic mass is 16.4. The first kappa shape index (κ1) is 35.2. The van der Waals surface area contributed by atoms with Crippen LogP contribution in [0.15, 0.2) is 0 Å². The van der Waals surface area contributed by atoms with Crippen molar-refractivity contribution in [1.29, 1.82) is 0 Å². The lowest BCUT2D eigenvalue weighted by Crippen LogP contribution is -2.59. The molecular weight excluding hydrogens is 524 g/mol. The van der Waals surface area contributed by atoms with Gasteiger partial charge in [0, 0.05) is 12.8 Å². The maximum atomic E-state index is 12.8. The lowest BCUT2D eigenvalue weighted by atomic mass is 9.98. The minimum Gasteiger partial charge on any atom is -0.481 e. The maximum absolute atomic E-state index is 12.8. The molecule has 17 heteroatoms. The van der Waals surface area contributed by atoms with Crippen LogP contribution in [0.25, 0.3) is 0 Å². The van der Waals surface area contributed by atoms with Gasteiger partial charge in [0.2, 0.25) is 29.5 Å². The first-order valence-corrected chi connectivity index (χ1v) is 12.1. The monoisotopic (exact) mass is 562 g/mol. The van der Waals surface area contributed by atoms with Crippen molar-refractivity contribution in [3.63, 3.8) is 0 Å². The van der Waals surface area contributed by atoms with E-state index in [-0.39, 0.29) is 18.8 Å². The van der Waals surface area contributed by atoms with E-state index in [1.54, 1.807) is 13.8 Å². The lowest BCUT2D eigenvalue weighted by Gasteiger charge is -2.26. The molecule has 222 valence electrons. The maximum Gasteiger partial charge on any atom is 0.328 e. The molecule has 0 saturated carbocycles. The van der Waals surface area contributed by atoms with E-state index in [4.69, 9.17) is 26.8 Å². The van der Waals surface area contributed by atoms with Crippen molar-refractivity contribution in [3.8, 4) is 0 Å². The van der Waals surface area contributed by atoms with Crippen LogP contribution in [0.5, 0.6) is 0 Å². The van der Waals surface area contributed by atoms with Gasteiger partial charge >= 0.3 is 11.9 Å². The zero-order valence-electron chi connectivity index (χ0n) is 21.7. The number of carbonyl (C=O) groups excluding carboxylic acids is 5. The predicted molar refractivity (Wildman–Crippen MR) is 132 cm³/mol. The van der Waals surface area contributed by atoms with E-state index < -0.39 is 97.7 Å². The van der Waals surface area contributed by atoms with Gasteiger partial charge in [-0.15, -0.1) is 0 Å². The normalized spacial score (nSPS) is 15.4. The minimum absolute atomic E-state index is 0.265. The van der Waals surface area contributed by atoms with Crippen molar-refractivity contribution >= 4 is 41.5 Å². The average molecular weight is 563 g/mol. The first-order chi connectivity index (χ1) is 18.2. The number of amides is 5. The van der Waals surface area contributed by atoms with Gasteiger partial charge in [-0.2, -0.15) is 0 Å². The minimum atomic E-state index is -1.72. The van der Waals surface area contributed by atoms with Crippen molar-refractivity contribution in [3.05, 3.63) is 0 Å².